The standard InChI is InChI=1S/C12H25NO/c1-12(2,3)11-5-7-13(8-6-11)9-10-14-4/h11H,5-10H2,1-4H3. The Hall–Kier alpha value is -0.0800. The summed E-state index contributed by atoms with van der Waals surface area (Å²) in [5.74, 6) is 0.904. The lowest BCUT2D eigenvalue weighted by atomic mass is 9.75. The molecule has 0 saturated carbocycles. The number of hydrogen-bond donors (Lipinski definition) is 0. The molecule has 2 nitrogen and oxygen atoms in total. The first kappa shape index (κ1) is 12.0. The minimum Gasteiger partial charge on any atom is -0.383 e. The summed E-state index contributed by atoms with van der Waals surface area (Å²) in [6.07, 6.45) is 2.71. The van der Waals surface area contributed by atoms with E-state index in [9.17, 15) is 0 Å². The Kier molecular flexibility index (Phi) is 4.39. The molecule has 0 amide bonds. The summed E-state index contributed by atoms with van der Waals surface area (Å²) >= 11 is 0. The second kappa shape index (κ2) is 5.13. The molecule has 1 heterocycles. The molecule has 0 aromatic rings. The van der Waals surface area contributed by atoms with Gasteiger partial charge in [0.15, 0.2) is 0 Å². The number of hydrogen-bond acceptors (Lipinski definition) is 2. The van der Waals surface area contributed by atoms with Gasteiger partial charge in [-0.3, -0.25) is 0 Å². The van der Waals surface area contributed by atoms with Crippen LogP contribution in [0.25, 0.3) is 0 Å². The fourth-order valence-electron chi connectivity index (χ4n) is 2.24. The van der Waals surface area contributed by atoms with E-state index in [0.717, 1.165) is 19.1 Å². The smallest absolute Gasteiger partial charge is 0.0589 e. The number of piperidine rings is 1. The van der Waals surface area contributed by atoms with Crippen molar-refractivity contribution in [2.45, 2.75) is 33.6 Å². The zero-order valence-corrected chi connectivity index (χ0v) is 10.2. The van der Waals surface area contributed by atoms with Crippen molar-refractivity contribution in [3.05, 3.63) is 0 Å². The quantitative estimate of drug-likeness (QED) is 0.692. The molecule has 0 aliphatic carbocycles. The van der Waals surface area contributed by atoms with Gasteiger partial charge in [-0.15, -0.1) is 0 Å². The first-order valence-electron chi connectivity index (χ1n) is 5.75. The number of nitrogens with zero attached hydrogens (tertiary/aromatic N) is 1. The fraction of sp³-hybridized carbons (Fsp3) is 1.00. The molecule has 0 spiro atoms. The van der Waals surface area contributed by atoms with Gasteiger partial charge in [0.25, 0.3) is 0 Å². The summed E-state index contributed by atoms with van der Waals surface area (Å²) in [6, 6.07) is 0. The molecule has 1 rings (SSSR count). The van der Waals surface area contributed by atoms with Crippen LogP contribution in [-0.2, 0) is 4.74 Å². The first-order chi connectivity index (χ1) is 6.54. The highest BCUT2D eigenvalue weighted by atomic mass is 16.5. The van der Waals surface area contributed by atoms with Gasteiger partial charge in [-0.25, -0.2) is 0 Å². The van der Waals surface area contributed by atoms with Gasteiger partial charge < -0.3 is 9.64 Å². The monoisotopic (exact) mass is 199 g/mol. The van der Waals surface area contributed by atoms with Gasteiger partial charge in [-0.1, -0.05) is 20.8 Å². The summed E-state index contributed by atoms with van der Waals surface area (Å²) in [7, 11) is 1.78. The van der Waals surface area contributed by atoms with Crippen molar-refractivity contribution in [1.82, 2.24) is 4.90 Å². The lowest BCUT2D eigenvalue weighted by Crippen LogP contribution is -2.39. The SMILES string of the molecule is COCCN1CCC(C(C)(C)C)CC1. The highest BCUT2D eigenvalue weighted by Gasteiger charge is 2.28. The van der Waals surface area contributed by atoms with Gasteiger partial charge in [0, 0.05) is 13.7 Å². The molecule has 0 aromatic carbocycles. The van der Waals surface area contributed by atoms with Crippen molar-refractivity contribution < 1.29 is 4.74 Å². The van der Waals surface area contributed by atoms with Crippen molar-refractivity contribution >= 4 is 0 Å². The Labute approximate surface area is 88.6 Å². The summed E-state index contributed by atoms with van der Waals surface area (Å²) in [5.41, 5.74) is 0.493. The molecular formula is C12H25NO. The minimum absolute atomic E-state index is 0.493. The van der Waals surface area contributed by atoms with E-state index < -0.39 is 0 Å². The Morgan fingerprint density at radius 2 is 1.79 bits per heavy atom. The van der Waals surface area contributed by atoms with Crippen molar-refractivity contribution in [1.29, 1.82) is 0 Å². The van der Waals surface area contributed by atoms with Crippen LogP contribution in [0.1, 0.15) is 33.6 Å². The number of methoxy groups -OCH3 is 1. The largest absolute Gasteiger partial charge is 0.383 e. The van der Waals surface area contributed by atoms with E-state index in [1.807, 2.05) is 0 Å². The van der Waals surface area contributed by atoms with Crippen molar-refractivity contribution in [2.75, 3.05) is 33.4 Å². The third-order valence-corrected chi connectivity index (χ3v) is 3.42. The lowest BCUT2D eigenvalue weighted by Gasteiger charge is -2.38. The van der Waals surface area contributed by atoms with Crippen LogP contribution in [0.4, 0.5) is 0 Å². The molecule has 1 aliphatic heterocycles. The highest BCUT2D eigenvalue weighted by Crippen LogP contribution is 2.33. The normalized spacial score (nSPS) is 21.4. The molecule has 0 aromatic heterocycles. The summed E-state index contributed by atoms with van der Waals surface area (Å²) in [5, 5.41) is 0. The van der Waals surface area contributed by atoms with E-state index >= 15 is 0 Å². The fourth-order valence-corrected chi connectivity index (χ4v) is 2.24. The maximum atomic E-state index is 5.10. The summed E-state index contributed by atoms with van der Waals surface area (Å²) in [6.45, 7) is 11.6. The summed E-state index contributed by atoms with van der Waals surface area (Å²) in [4.78, 5) is 2.52. The topological polar surface area (TPSA) is 12.5 Å². The predicted octanol–water partition coefficient (Wildman–Crippen LogP) is 2.39. The van der Waals surface area contributed by atoms with Gasteiger partial charge in [0.05, 0.1) is 6.61 Å². The lowest BCUT2D eigenvalue weighted by molar-refractivity contribution is 0.0863. The Balaban J connectivity index is 2.24. The first-order valence-corrected chi connectivity index (χ1v) is 5.75. The Morgan fingerprint density at radius 1 is 1.21 bits per heavy atom. The number of likely N-dealkylation sites (tertiary alicyclic amines) is 1. The van der Waals surface area contributed by atoms with Crippen LogP contribution >= 0.6 is 0 Å². The average Bonchev–Trinajstić information content (AvgIpc) is 2.14. The molecule has 0 N–H and O–H groups in total. The average molecular weight is 199 g/mol. The van der Waals surface area contributed by atoms with E-state index in [4.69, 9.17) is 4.74 Å². The highest BCUT2D eigenvalue weighted by molar-refractivity contribution is 4.80. The third kappa shape index (κ3) is 3.58. The van der Waals surface area contributed by atoms with Gasteiger partial charge in [0.1, 0.15) is 0 Å². The molecule has 1 aliphatic rings. The molecular weight excluding hydrogens is 174 g/mol. The van der Waals surface area contributed by atoms with Crippen LogP contribution in [0.5, 0.6) is 0 Å². The van der Waals surface area contributed by atoms with Crippen LogP contribution < -0.4 is 0 Å². The Morgan fingerprint density at radius 3 is 2.21 bits per heavy atom. The summed E-state index contributed by atoms with van der Waals surface area (Å²) < 4.78 is 5.10. The molecule has 2 heteroatoms. The minimum atomic E-state index is 0.493. The van der Waals surface area contributed by atoms with E-state index in [-0.39, 0.29) is 0 Å². The van der Waals surface area contributed by atoms with Crippen molar-refractivity contribution in [2.24, 2.45) is 11.3 Å². The zero-order chi connectivity index (χ0) is 10.6. The number of rotatable bonds is 3. The second-order valence-corrected chi connectivity index (χ2v) is 5.47. The molecule has 0 radical (unpaired) electrons. The van der Waals surface area contributed by atoms with Gasteiger partial charge >= 0.3 is 0 Å². The van der Waals surface area contributed by atoms with Gasteiger partial charge in [0.2, 0.25) is 0 Å². The van der Waals surface area contributed by atoms with Gasteiger partial charge in [-0.2, -0.15) is 0 Å². The molecule has 14 heavy (non-hydrogen) atoms. The molecule has 0 unspecified atom stereocenters. The zero-order valence-electron chi connectivity index (χ0n) is 10.2. The van der Waals surface area contributed by atoms with Crippen molar-refractivity contribution in [3.63, 3.8) is 0 Å². The Bertz CT molecular complexity index is 154. The van der Waals surface area contributed by atoms with Crippen LogP contribution in [0.2, 0.25) is 0 Å². The molecule has 84 valence electrons. The maximum absolute atomic E-state index is 5.10. The van der Waals surface area contributed by atoms with Crippen LogP contribution in [0, 0.1) is 11.3 Å². The third-order valence-electron chi connectivity index (χ3n) is 3.42. The second-order valence-electron chi connectivity index (χ2n) is 5.47. The molecule has 0 atom stereocenters. The van der Waals surface area contributed by atoms with Gasteiger partial charge in [-0.05, 0) is 37.3 Å². The molecule has 1 saturated heterocycles. The van der Waals surface area contributed by atoms with E-state index in [2.05, 4.69) is 25.7 Å². The van der Waals surface area contributed by atoms with Crippen LogP contribution in [-0.4, -0.2) is 38.3 Å². The van der Waals surface area contributed by atoms with Crippen LogP contribution in [0.15, 0.2) is 0 Å². The maximum Gasteiger partial charge on any atom is 0.0589 e. The molecule has 0 bridgehead atoms. The van der Waals surface area contributed by atoms with E-state index in [0.29, 0.717) is 5.41 Å². The van der Waals surface area contributed by atoms with E-state index in [1.54, 1.807) is 7.11 Å². The van der Waals surface area contributed by atoms with Crippen molar-refractivity contribution in [3.8, 4) is 0 Å². The molecule has 1 fully saturated rings. The predicted molar refractivity (Wildman–Crippen MR) is 60.5 cm³/mol. The van der Waals surface area contributed by atoms with E-state index in [1.165, 1.54) is 25.9 Å². The number of ether oxygens (including phenoxy) is 1. The van der Waals surface area contributed by atoms with Crippen LogP contribution in [0.3, 0.4) is 0 Å².